The molecule has 0 spiro atoms. The van der Waals surface area contributed by atoms with E-state index in [1.54, 1.807) is 31.4 Å². The zero-order valence-corrected chi connectivity index (χ0v) is 17.6. The second-order valence-corrected chi connectivity index (χ2v) is 8.50. The number of nitrogens with one attached hydrogen (secondary N) is 1. The van der Waals surface area contributed by atoms with E-state index in [9.17, 15) is 13.2 Å². The van der Waals surface area contributed by atoms with Crippen molar-refractivity contribution in [1.82, 2.24) is 14.3 Å². The Hall–Kier alpha value is -2.39. The summed E-state index contributed by atoms with van der Waals surface area (Å²) in [5.41, 5.74) is 0.984. The maximum absolute atomic E-state index is 12.4. The Morgan fingerprint density at radius 3 is 2.52 bits per heavy atom. The number of aromatic nitrogens is 2. The lowest BCUT2D eigenvalue weighted by atomic mass is 10.1. The summed E-state index contributed by atoms with van der Waals surface area (Å²) >= 11 is 11.8. The Labute approximate surface area is 177 Å². The Balaban J connectivity index is 1.69. The summed E-state index contributed by atoms with van der Waals surface area (Å²) in [6, 6.07) is 12.9. The van der Waals surface area contributed by atoms with Crippen LogP contribution in [0.1, 0.15) is 0 Å². The van der Waals surface area contributed by atoms with E-state index in [0.29, 0.717) is 11.4 Å². The van der Waals surface area contributed by atoms with Crippen molar-refractivity contribution in [2.24, 2.45) is 0 Å². The molecule has 0 amide bonds. The lowest BCUT2D eigenvalue weighted by molar-refractivity contribution is 0.415. The van der Waals surface area contributed by atoms with Crippen LogP contribution in [-0.4, -0.2) is 31.6 Å². The van der Waals surface area contributed by atoms with Crippen molar-refractivity contribution in [2.45, 2.75) is 11.4 Å². The summed E-state index contributed by atoms with van der Waals surface area (Å²) in [4.78, 5) is 16.5. The molecule has 1 aromatic heterocycles. The molecule has 0 bridgehead atoms. The van der Waals surface area contributed by atoms with Gasteiger partial charge in [0.15, 0.2) is 0 Å². The zero-order chi connectivity index (χ0) is 21.0. The maximum atomic E-state index is 12.4. The van der Waals surface area contributed by atoms with Gasteiger partial charge in [0.2, 0.25) is 10.0 Å². The fourth-order valence-corrected chi connectivity index (χ4v) is 4.36. The van der Waals surface area contributed by atoms with Crippen LogP contribution in [0.5, 0.6) is 5.75 Å². The van der Waals surface area contributed by atoms with Crippen LogP contribution < -0.4 is 15.0 Å². The van der Waals surface area contributed by atoms with Gasteiger partial charge < -0.3 is 4.74 Å². The molecule has 0 radical (unpaired) electrons. The molecule has 3 aromatic rings. The third-order valence-electron chi connectivity index (χ3n) is 4.12. The molecule has 152 valence electrons. The molecule has 10 heteroatoms. The van der Waals surface area contributed by atoms with E-state index in [2.05, 4.69) is 9.71 Å². The number of benzene rings is 2. The highest BCUT2D eigenvalue weighted by molar-refractivity contribution is 7.89. The van der Waals surface area contributed by atoms with Crippen LogP contribution in [0.15, 0.2) is 64.5 Å². The summed E-state index contributed by atoms with van der Waals surface area (Å²) in [6.07, 6.45) is 1.38. The van der Waals surface area contributed by atoms with Gasteiger partial charge >= 0.3 is 0 Å². The van der Waals surface area contributed by atoms with Crippen LogP contribution >= 0.6 is 23.2 Å². The number of nitrogens with zero attached hydrogens (tertiary/aromatic N) is 2. The number of hydrogen-bond acceptors (Lipinski definition) is 5. The first-order valence-electron chi connectivity index (χ1n) is 8.46. The van der Waals surface area contributed by atoms with Crippen LogP contribution in [-0.2, 0) is 16.6 Å². The average molecular weight is 454 g/mol. The van der Waals surface area contributed by atoms with Crippen molar-refractivity contribution in [3.63, 3.8) is 0 Å². The summed E-state index contributed by atoms with van der Waals surface area (Å²) in [5, 5.41) is 0.0911. The minimum absolute atomic E-state index is 0.0192. The third-order valence-corrected chi connectivity index (χ3v) is 6.55. The van der Waals surface area contributed by atoms with E-state index < -0.39 is 10.0 Å². The minimum atomic E-state index is -3.87. The highest BCUT2D eigenvalue weighted by atomic mass is 35.5. The Bertz CT molecular complexity index is 1180. The van der Waals surface area contributed by atoms with E-state index in [-0.39, 0.29) is 33.6 Å². The molecule has 0 saturated carbocycles. The fourth-order valence-electron chi connectivity index (χ4n) is 2.58. The Kier molecular flexibility index (Phi) is 6.59. The van der Waals surface area contributed by atoms with Crippen molar-refractivity contribution in [2.75, 3.05) is 13.7 Å². The minimum Gasteiger partial charge on any atom is -0.497 e. The topological polar surface area (TPSA) is 90.3 Å². The van der Waals surface area contributed by atoms with Gasteiger partial charge in [-0.15, -0.1) is 0 Å². The number of methoxy groups -OCH3 is 1. The second-order valence-electron chi connectivity index (χ2n) is 5.98. The van der Waals surface area contributed by atoms with Gasteiger partial charge in [-0.3, -0.25) is 9.36 Å². The molecule has 0 saturated heterocycles. The fraction of sp³-hybridized carbons (Fsp3) is 0.158. The van der Waals surface area contributed by atoms with Crippen LogP contribution in [0.25, 0.3) is 11.3 Å². The summed E-state index contributed by atoms with van der Waals surface area (Å²) in [7, 11) is -2.30. The number of hydrogen-bond donors (Lipinski definition) is 1. The molecule has 0 aliphatic carbocycles. The predicted molar refractivity (Wildman–Crippen MR) is 112 cm³/mol. The van der Waals surface area contributed by atoms with E-state index in [0.717, 1.165) is 5.56 Å². The SMILES string of the molecule is COc1ccc(-c2cc(=O)n(CCNS(=O)(=O)c3cccc(Cl)c3Cl)cn2)cc1. The van der Waals surface area contributed by atoms with Crippen LogP contribution in [0.4, 0.5) is 0 Å². The molecule has 0 unspecified atom stereocenters. The van der Waals surface area contributed by atoms with Crippen LogP contribution in [0.3, 0.4) is 0 Å². The zero-order valence-electron chi connectivity index (χ0n) is 15.3. The van der Waals surface area contributed by atoms with E-state index in [1.807, 2.05) is 0 Å². The molecule has 1 heterocycles. The lowest BCUT2D eigenvalue weighted by Crippen LogP contribution is -2.31. The van der Waals surface area contributed by atoms with Crippen LogP contribution in [0.2, 0.25) is 10.0 Å². The summed E-state index contributed by atoms with van der Waals surface area (Å²) < 4.78 is 33.6. The molecule has 3 rings (SSSR count). The number of halogens is 2. The summed E-state index contributed by atoms with van der Waals surface area (Å²) in [6.45, 7) is 0.0841. The van der Waals surface area contributed by atoms with Gasteiger partial charge in [0, 0.05) is 24.7 Å². The van der Waals surface area contributed by atoms with Gasteiger partial charge in [0.1, 0.15) is 10.6 Å². The molecule has 0 aliphatic rings. The maximum Gasteiger partial charge on any atom is 0.253 e. The van der Waals surface area contributed by atoms with Gasteiger partial charge in [-0.1, -0.05) is 29.3 Å². The van der Waals surface area contributed by atoms with Crippen molar-refractivity contribution in [1.29, 1.82) is 0 Å². The van der Waals surface area contributed by atoms with Crippen molar-refractivity contribution in [3.05, 3.63) is 75.3 Å². The molecular weight excluding hydrogens is 437 g/mol. The van der Waals surface area contributed by atoms with E-state index in [1.165, 1.54) is 35.2 Å². The van der Waals surface area contributed by atoms with Gasteiger partial charge in [-0.05, 0) is 36.4 Å². The van der Waals surface area contributed by atoms with Crippen molar-refractivity contribution >= 4 is 33.2 Å². The van der Waals surface area contributed by atoms with Gasteiger partial charge in [0.25, 0.3) is 5.56 Å². The number of rotatable bonds is 7. The standard InChI is InChI=1S/C19H17Cl2N3O4S/c1-28-14-7-5-13(6-8-14)16-11-18(25)24(12-22-16)10-9-23-29(26,27)17-4-2-3-15(20)19(17)21/h2-8,11-12,23H,9-10H2,1H3. The molecule has 7 nitrogen and oxygen atoms in total. The molecular formula is C19H17Cl2N3O4S. The van der Waals surface area contributed by atoms with Gasteiger partial charge in [0.05, 0.1) is 29.2 Å². The van der Waals surface area contributed by atoms with E-state index in [4.69, 9.17) is 27.9 Å². The molecule has 0 aliphatic heterocycles. The van der Waals surface area contributed by atoms with Gasteiger partial charge in [-0.25, -0.2) is 18.1 Å². The molecule has 0 atom stereocenters. The first-order chi connectivity index (χ1) is 13.8. The number of ether oxygens (including phenoxy) is 1. The third kappa shape index (κ3) is 4.97. The van der Waals surface area contributed by atoms with Crippen molar-refractivity contribution in [3.8, 4) is 17.0 Å². The van der Waals surface area contributed by atoms with Crippen molar-refractivity contribution < 1.29 is 13.2 Å². The molecule has 0 fully saturated rings. The Morgan fingerprint density at radius 2 is 1.86 bits per heavy atom. The van der Waals surface area contributed by atoms with Crippen LogP contribution in [0, 0.1) is 0 Å². The predicted octanol–water partition coefficient (Wildman–Crippen LogP) is 3.20. The quantitative estimate of drug-likeness (QED) is 0.592. The normalized spacial score (nSPS) is 11.4. The molecule has 29 heavy (non-hydrogen) atoms. The lowest BCUT2D eigenvalue weighted by Gasteiger charge is -2.10. The van der Waals surface area contributed by atoms with Gasteiger partial charge in [-0.2, -0.15) is 0 Å². The Morgan fingerprint density at radius 1 is 1.14 bits per heavy atom. The monoisotopic (exact) mass is 453 g/mol. The average Bonchev–Trinajstić information content (AvgIpc) is 2.71. The number of sulfonamides is 1. The highest BCUT2D eigenvalue weighted by Crippen LogP contribution is 2.28. The smallest absolute Gasteiger partial charge is 0.253 e. The first kappa shape index (κ1) is 21.3. The van der Waals surface area contributed by atoms with E-state index >= 15 is 0 Å². The molecule has 2 aromatic carbocycles. The second kappa shape index (κ2) is 8.96. The highest BCUT2D eigenvalue weighted by Gasteiger charge is 2.19. The first-order valence-corrected chi connectivity index (χ1v) is 10.7. The summed E-state index contributed by atoms with van der Waals surface area (Å²) in [5.74, 6) is 0.703. The largest absolute Gasteiger partial charge is 0.497 e. The molecule has 1 N–H and O–H groups in total.